The van der Waals surface area contributed by atoms with Crippen LogP contribution in [0.25, 0.3) is 11.0 Å². The number of benzene rings is 1. The average Bonchev–Trinajstić information content (AvgIpc) is 2.61. The van der Waals surface area contributed by atoms with Gasteiger partial charge in [0.2, 0.25) is 0 Å². The van der Waals surface area contributed by atoms with Crippen LogP contribution in [0.2, 0.25) is 0 Å². The Hall–Kier alpha value is -2.67. The normalized spacial score (nSPS) is 10.8. The van der Waals surface area contributed by atoms with Crippen molar-refractivity contribution in [2.24, 2.45) is 0 Å². The van der Waals surface area contributed by atoms with Gasteiger partial charge in [0.25, 0.3) is 5.56 Å². The SMILES string of the molecule is COc1ccc(CCn2c(=S)[nH]c(=O)c3cccnc32)cc1OC. The predicted octanol–water partition coefficient (Wildman–Crippen LogP) is 2.71. The van der Waals surface area contributed by atoms with Gasteiger partial charge in [-0.1, -0.05) is 6.07 Å². The Bertz CT molecular complexity index is 994. The summed E-state index contributed by atoms with van der Waals surface area (Å²) in [4.78, 5) is 19.0. The number of H-pyrrole nitrogens is 1. The lowest BCUT2D eigenvalue weighted by Crippen LogP contribution is -2.16. The Kier molecular flexibility index (Phi) is 4.61. The van der Waals surface area contributed by atoms with Crippen molar-refractivity contribution >= 4 is 23.3 Å². The summed E-state index contributed by atoms with van der Waals surface area (Å²) in [5.41, 5.74) is 1.45. The smallest absolute Gasteiger partial charge is 0.261 e. The molecule has 0 aliphatic rings. The van der Waals surface area contributed by atoms with Crippen molar-refractivity contribution in [2.75, 3.05) is 14.2 Å². The van der Waals surface area contributed by atoms with Gasteiger partial charge in [0, 0.05) is 12.7 Å². The number of aromatic amines is 1. The van der Waals surface area contributed by atoms with Gasteiger partial charge in [-0.15, -0.1) is 0 Å². The number of nitrogens with zero attached hydrogens (tertiary/aromatic N) is 2. The predicted molar refractivity (Wildman–Crippen MR) is 94.4 cm³/mol. The summed E-state index contributed by atoms with van der Waals surface area (Å²) >= 11 is 5.29. The number of fused-ring (bicyclic) bond motifs is 1. The Morgan fingerprint density at radius 2 is 2.00 bits per heavy atom. The third kappa shape index (κ3) is 3.03. The van der Waals surface area contributed by atoms with Crippen LogP contribution in [0.15, 0.2) is 41.3 Å². The zero-order valence-corrected chi connectivity index (χ0v) is 14.2. The van der Waals surface area contributed by atoms with Crippen LogP contribution in [-0.4, -0.2) is 28.8 Å². The molecule has 0 spiro atoms. The molecule has 3 aromatic rings. The van der Waals surface area contributed by atoms with Crippen molar-refractivity contribution in [1.82, 2.24) is 14.5 Å². The van der Waals surface area contributed by atoms with Crippen molar-refractivity contribution in [2.45, 2.75) is 13.0 Å². The highest BCUT2D eigenvalue weighted by Gasteiger charge is 2.08. The number of pyridine rings is 1. The van der Waals surface area contributed by atoms with E-state index in [1.54, 1.807) is 32.5 Å². The standard InChI is InChI=1S/C17H17N3O3S/c1-22-13-6-5-11(10-14(13)23-2)7-9-20-15-12(4-3-8-18-15)16(21)19-17(20)24/h3-6,8,10H,7,9H2,1-2H3,(H,19,21,24). The Balaban J connectivity index is 1.94. The quantitative estimate of drug-likeness (QED) is 0.722. The second kappa shape index (κ2) is 6.84. The van der Waals surface area contributed by atoms with Crippen molar-refractivity contribution in [1.29, 1.82) is 0 Å². The highest BCUT2D eigenvalue weighted by atomic mass is 32.1. The maximum atomic E-state index is 12.0. The first-order chi connectivity index (χ1) is 11.6. The van der Waals surface area contributed by atoms with E-state index in [0.29, 0.717) is 40.3 Å². The van der Waals surface area contributed by atoms with Crippen molar-refractivity contribution in [3.05, 3.63) is 57.2 Å². The fourth-order valence-corrected chi connectivity index (χ4v) is 2.87. The highest BCUT2D eigenvalue weighted by molar-refractivity contribution is 7.71. The molecule has 124 valence electrons. The van der Waals surface area contributed by atoms with E-state index >= 15 is 0 Å². The Labute approximate surface area is 143 Å². The number of hydrogen-bond donors (Lipinski definition) is 1. The molecular weight excluding hydrogens is 326 g/mol. The minimum atomic E-state index is -0.217. The summed E-state index contributed by atoms with van der Waals surface area (Å²) in [6, 6.07) is 9.26. The molecule has 3 rings (SSSR count). The van der Waals surface area contributed by atoms with Gasteiger partial charge in [0.1, 0.15) is 5.65 Å². The monoisotopic (exact) mass is 343 g/mol. The molecule has 0 radical (unpaired) electrons. The van der Waals surface area contributed by atoms with Gasteiger partial charge in [-0.3, -0.25) is 9.78 Å². The summed E-state index contributed by atoms with van der Waals surface area (Å²) < 4.78 is 12.8. The number of ether oxygens (including phenoxy) is 2. The molecule has 7 heteroatoms. The number of rotatable bonds is 5. The molecule has 1 aromatic carbocycles. The third-order valence-corrected chi connectivity index (χ3v) is 4.15. The van der Waals surface area contributed by atoms with E-state index < -0.39 is 0 Å². The van der Waals surface area contributed by atoms with Crippen LogP contribution < -0.4 is 15.0 Å². The zero-order valence-electron chi connectivity index (χ0n) is 13.4. The van der Waals surface area contributed by atoms with Gasteiger partial charge in [0.15, 0.2) is 16.3 Å². The Morgan fingerprint density at radius 3 is 2.75 bits per heavy atom. The molecule has 0 saturated heterocycles. The number of nitrogens with one attached hydrogen (secondary N) is 1. The molecule has 0 aliphatic heterocycles. The topological polar surface area (TPSA) is 69.1 Å². The molecule has 2 aromatic heterocycles. The molecule has 24 heavy (non-hydrogen) atoms. The van der Waals surface area contributed by atoms with E-state index in [1.165, 1.54) is 0 Å². The molecule has 1 N–H and O–H groups in total. The van der Waals surface area contributed by atoms with Crippen molar-refractivity contribution in [3.63, 3.8) is 0 Å². The lowest BCUT2D eigenvalue weighted by Gasteiger charge is -2.12. The lowest BCUT2D eigenvalue weighted by atomic mass is 10.1. The molecule has 0 atom stereocenters. The van der Waals surface area contributed by atoms with Crippen LogP contribution in [0.5, 0.6) is 11.5 Å². The van der Waals surface area contributed by atoms with Crippen LogP contribution in [0.4, 0.5) is 0 Å². The average molecular weight is 343 g/mol. The first-order valence-corrected chi connectivity index (χ1v) is 7.83. The molecule has 2 heterocycles. The number of aromatic nitrogens is 3. The molecule has 0 unspecified atom stereocenters. The fourth-order valence-electron chi connectivity index (χ4n) is 2.60. The largest absolute Gasteiger partial charge is 0.493 e. The zero-order chi connectivity index (χ0) is 17.1. The van der Waals surface area contributed by atoms with E-state index in [0.717, 1.165) is 5.56 Å². The number of hydrogen-bond acceptors (Lipinski definition) is 5. The summed E-state index contributed by atoms with van der Waals surface area (Å²) in [5.74, 6) is 1.37. The molecule has 0 aliphatic carbocycles. The van der Waals surface area contributed by atoms with E-state index in [4.69, 9.17) is 21.7 Å². The van der Waals surface area contributed by atoms with E-state index in [9.17, 15) is 4.79 Å². The summed E-state index contributed by atoms with van der Waals surface area (Å²) in [6.45, 7) is 0.596. The van der Waals surface area contributed by atoms with Crippen LogP contribution in [0, 0.1) is 4.77 Å². The van der Waals surface area contributed by atoms with Gasteiger partial charge in [-0.05, 0) is 48.5 Å². The van der Waals surface area contributed by atoms with Gasteiger partial charge < -0.3 is 14.0 Å². The Morgan fingerprint density at radius 1 is 1.21 bits per heavy atom. The maximum absolute atomic E-state index is 12.0. The molecule has 6 nitrogen and oxygen atoms in total. The minimum Gasteiger partial charge on any atom is -0.493 e. The van der Waals surface area contributed by atoms with Gasteiger partial charge in [-0.25, -0.2) is 4.98 Å². The van der Waals surface area contributed by atoms with Crippen LogP contribution in [-0.2, 0) is 13.0 Å². The second-order valence-electron chi connectivity index (χ2n) is 5.22. The van der Waals surface area contributed by atoms with Gasteiger partial charge >= 0.3 is 0 Å². The molecule has 0 fully saturated rings. The first kappa shape index (κ1) is 16.2. The highest BCUT2D eigenvalue weighted by Crippen LogP contribution is 2.27. The summed E-state index contributed by atoms with van der Waals surface area (Å²) in [5, 5.41) is 0.526. The van der Waals surface area contributed by atoms with Gasteiger partial charge in [0.05, 0.1) is 19.6 Å². The first-order valence-electron chi connectivity index (χ1n) is 7.43. The van der Waals surface area contributed by atoms with Crippen molar-refractivity contribution < 1.29 is 9.47 Å². The van der Waals surface area contributed by atoms with Crippen LogP contribution in [0.1, 0.15) is 5.56 Å². The lowest BCUT2D eigenvalue weighted by molar-refractivity contribution is 0.354. The van der Waals surface area contributed by atoms with Crippen LogP contribution >= 0.6 is 12.2 Å². The number of methoxy groups -OCH3 is 2. The van der Waals surface area contributed by atoms with E-state index in [2.05, 4.69) is 9.97 Å². The molecule has 0 bridgehead atoms. The van der Waals surface area contributed by atoms with Crippen molar-refractivity contribution in [3.8, 4) is 11.5 Å². The second-order valence-corrected chi connectivity index (χ2v) is 5.61. The number of aryl methyl sites for hydroxylation is 2. The molecule has 0 amide bonds. The van der Waals surface area contributed by atoms with E-state index in [1.807, 2.05) is 22.8 Å². The fraction of sp³-hybridized carbons (Fsp3) is 0.235. The molecule has 0 saturated carbocycles. The molecular formula is C17H17N3O3S. The minimum absolute atomic E-state index is 0.217. The third-order valence-electron chi connectivity index (χ3n) is 3.82. The summed E-state index contributed by atoms with van der Waals surface area (Å²) in [6.07, 6.45) is 2.37. The van der Waals surface area contributed by atoms with E-state index in [-0.39, 0.29) is 5.56 Å². The van der Waals surface area contributed by atoms with Gasteiger partial charge in [-0.2, -0.15) is 0 Å². The van der Waals surface area contributed by atoms with Crippen LogP contribution in [0.3, 0.4) is 0 Å². The maximum Gasteiger partial charge on any atom is 0.261 e. The summed E-state index contributed by atoms with van der Waals surface area (Å²) in [7, 11) is 3.21.